The number of hydrogen-bond acceptors (Lipinski definition) is 6. The third-order valence-corrected chi connectivity index (χ3v) is 5.27. The summed E-state index contributed by atoms with van der Waals surface area (Å²) in [7, 11) is -3.77. The molecule has 0 bridgehead atoms. The van der Waals surface area contributed by atoms with E-state index in [4.69, 9.17) is 9.47 Å². The van der Waals surface area contributed by atoms with Gasteiger partial charge < -0.3 is 14.8 Å². The number of nitrogens with one attached hydrogen (secondary N) is 1. The van der Waals surface area contributed by atoms with Crippen molar-refractivity contribution < 1.29 is 27.5 Å². The van der Waals surface area contributed by atoms with Crippen LogP contribution in [0.1, 0.15) is 29.8 Å². The number of carbonyl (C=O) groups is 2. The van der Waals surface area contributed by atoms with Crippen LogP contribution in [0.3, 0.4) is 0 Å². The Balaban J connectivity index is 2.28. The molecule has 0 aliphatic carbocycles. The maximum Gasteiger partial charge on any atom is 0.338 e. The highest BCUT2D eigenvalue weighted by Crippen LogP contribution is 2.30. The van der Waals surface area contributed by atoms with Crippen molar-refractivity contribution in [1.82, 2.24) is 0 Å². The summed E-state index contributed by atoms with van der Waals surface area (Å²) >= 11 is 0. The standard InChI is InChI=1S/C21H26N2O6S/c1-5-28-19-10-8-7-9-18(19)23(30(4,26)27)14-20(24)22-17-13-16(12-11-15(17)3)21(25)29-6-2/h7-13H,5-6,14H2,1-4H3,(H,22,24). The second-order valence-electron chi connectivity index (χ2n) is 6.47. The summed E-state index contributed by atoms with van der Waals surface area (Å²) in [6.07, 6.45) is 1.02. The highest BCUT2D eigenvalue weighted by molar-refractivity contribution is 7.92. The molecule has 9 heteroatoms. The Morgan fingerprint density at radius 2 is 1.77 bits per heavy atom. The minimum atomic E-state index is -3.77. The lowest BCUT2D eigenvalue weighted by molar-refractivity contribution is -0.114. The number of nitrogens with zero attached hydrogens (tertiary/aromatic N) is 1. The van der Waals surface area contributed by atoms with Gasteiger partial charge in [0.15, 0.2) is 0 Å². The quantitative estimate of drug-likeness (QED) is 0.609. The molecule has 0 radical (unpaired) electrons. The third kappa shape index (κ3) is 5.96. The van der Waals surface area contributed by atoms with Crippen molar-refractivity contribution in [2.45, 2.75) is 20.8 Å². The Bertz CT molecular complexity index is 1020. The summed E-state index contributed by atoms with van der Waals surface area (Å²) in [6, 6.07) is 11.4. The molecular weight excluding hydrogens is 408 g/mol. The average molecular weight is 435 g/mol. The highest BCUT2D eigenvalue weighted by Gasteiger charge is 2.24. The van der Waals surface area contributed by atoms with Gasteiger partial charge in [-0.25, -0.2) is 13.2 Å². The molecule has 30 heavy (non-hydrogen) atoms. The molecule has 2 aromatic rings. The van der Waals surface area contributed by atoms with E-state index in [1.54, 1.807) is 57.2 Å². The van der Waals surface area contributed by atoms with Gasteiger partial charge in [0.1, 0.15) is 12.3 Å². The molecule has 0 heterocycles. The minimum Gasteiger partial charge on any atom is -0.492 e. The number of carbonyl (C=O) groups excluding carboxylic acids is 2. The predicted molar refractivity (Wildman–Crippen MR) is 116 cm³/mol. The van der Waals surface area contributed by atoms with Crippen LogP contribution in [-0.2, 0) is 19.6 Å². The van der Waals surface area contributed by atoms with E-state index < -0.39 is 28.4 Å². The van der Waals surface area contributed by atoms with Gasteiger partial charge >= 0.3 is 5.97 Å². The molecule has 8 nitrogen and oxygen atoms in total. The summed E-state index contributed by atoms with van der Waals surface area (Å²) in [5, 5.41) is 2.68. The van der Waals surface area contributed by atoms with Gasteiger partial charge in [-0.1, -0.05) is 18.2 Å². The molecule has 0 aliphatic rings. The van der Waals surface area contributed by atoms with E-state index in [0.29, 0.717) is 23.6 Å². The molecule has 0 aromatic heterocycles. The molecule has 0 atom stereocenters. The zero-order valence-electron chi connectivity index (χ0n) is 17.5. The van der Waals surface area contributed by atoms with Gasteiger partial charge in [-0.15, -0.1) is 0 Å². The Morgan fingerprint density at radius 1 is 1.07 bits per heavy atom. The SMILES string of the molecule is CCOC(=O)c1ccc(C)c(NC(=O)CN(c2ccccc2OCC)S(C)(=O)=O)c1. The molecule has 162 valence electrons. The van der Waals surface area contributed by atoms with Crippen molar-refractivity contribution in [2.75, 3.05) is 35.6 Å². The van der Waals surface area contributed by atoms with Crippen LogP contribution in [0.15, 0.2) is 42.5 Å². The van der Waals surface area contributed by atoms with E-state index in [-0.39, 0.29) is 12.3 Å². The summed E-state index contributed by atoms with van der Waals surface area (Å²) < 4.78 is 36.2. The summed E-state index contributed by atoms with van der Waals surface area (Å²) in [5.41, 5.74) is 1.68. The number of hydrogen-bond donors (Lipinski definition) is 1. The second kappa shape index (κ2) is 10.1. The van der Waals surface area contributed by atoms with Crippen molar-refractivity contribution in [3.05, 3.63) is 53.6 Å². The monoisotopic (exact) mass is 434 g/mol. The molecular formula is C21H26N2O6S. The molecule has 0 saturated carbocycles. The fraction of sp³-hybridized carbons (Fsp3) is 0.333. The number of anilines is 2. The highest BCUT2D eigenvalue weighted by atomic mass is 32.2. The zero-order valence-corrected chi connectivity index (χ0v) is 18.3. The molecule has 1 N–H and O–H groups in total. The van der Waals surface area contributed by atoms with E-state index in [2.05, 4.69) is 5.32 Å². The van der Waals surface area contributed by atoms with Gasteiger partial charge in [0.2, 0.25) is 15.9 Å². The number of esters is 1. The molecule has 1 amide bonds. The topological polar surface area (TPSA) is 102 Å². The molecule has 0 saturated heterocycles. The minimum absolute atomic E-state index is 0.233. The van der Waals surface area contributed by atoms with Gasteiger partial charge in [-0.05, 0) is 50.6 Å². The van der Waals surface area contributed by atoms with Crippen LogP contribution in [-0.4, -0.2) is 46.3 Å². The molecule has 0 aliphatic heterocycles. The first-order valence-electron chi connectivity index (χ1n) is 9.44. The first-order valence-corrected chi connectivity index (χ1v) is 11.3. The first kappa shape index (κ1) is 23.2. The Hall–Kier alpha value is -3.07. The first-order chi connectivity index (χ1) is 14.2. The number of sulfonamides is 1. The Morgan fingerprint density at radius 3 is 2.40 bits per heavy atom. The third-order valence-electron chi connectivity index (χ3n) is 4.14. The zero-order chi connectivity index (χ0) is 22.3. The second-order valence-corrected chi connectivity index (χ2v) is 8.38. The predicted octanol–water partition coefficient (Wildman–Crippen LogP) is 2.98. The van der Waals surface area contributed by atoms with Gasteiger partial charge in [0, 0.05) is 5.69 Å². The van der Waals surface area contributed by atoms with E-state index in [1.165, 1.54) is 6.07 Å². The van der Waals surface area contributed by atoms with Crippen molar-refractivity contribution >= 4 is 33.3 Å². The summed E-state index contributed by atoms with van der Waals surface area (Å²) in [6.45, 7) is 5.38. The van der Waals surface area contributed by atoms with E-state index in [1.807, 2.05) is 0 Å². The molecule has 2 aromatic carbocycles. The maximum absolute atomic E-state index is 12.7. The van der Waals surface area contributed by atoms with Crippen LogP contribution >= 0.6 is 0 Å². The van der Waals surface area contributed by atoms with Crippen LogP contribution < -0.4 is 14.4 Å². The summed E-state index contributed by atoms with van der Waals surface area (Å²) in [5.74, 6) is -0.703. The number of ether oxygens (including phenoxy) is 2. The van der Waals surface area contributed by atoms with E-state index >= 15 is 0 Å². The lowest BCUT2D eigenvalue weighted by atomic mass is 10.1. The van der Waals surface area contributed by atoms with Crippen molar-refractivity contribution in [3.8, 4) is 5.75 Å². The lowest BCUT2D eigenvalue weighted by Crippen LogP contribution is -2.37. The number of benzene rings is 2. The number of para-hydroxylation sites is 2. The Labute approximate surface area is 176 Å². The fourth-order valence-electron chi connectivity index (χ4n) is 2.74. The van der Waals surface area contributed by atoms with Crippen LogP contribution in [0, 0.1) is 6.92 Å². The van der Waals surface area contributed by atoms with E-state index in [9.17, 15) is 18.0 Å². The van der Waals surface area contributed by atoms with Crippen LogP contribution in [0.25, 0.3) is 0 Å². The molecule has 0 unspecified atom stereocenters. The van der Waals surface area contributed by atoms with Gasteiger partial charge in [0.25, 0.3) is 0 Å². The average Bonchev–Trinajstić information content (AvgIpc) is 2.68. The smallest absolute Gasteiger partial charge is 0.338 e. The van der Waals surface area contributed by atoms with Crippen LogP contribution in [0.2, 0.25) is 0 Å². The van der Waals surface area contributed by atoms with Crippen LogP contribution in [0.5, 0.6) is 5.75 Å². The molecule has 0 spiro atoms. The Kier molecular flexibility index (Phi) is 7.82. The van der Waals surface area contributed by atoms with Crippen molar-refractivity contribution in [3.63, 3.8) is 0 Å². The summed E-state index contributed by atoms with van der Waals surface area (Å²) in [4.78, 5) is 24.6. The number of amides is 1. The molecule has 0 fully saturated rings. The number of aryl methyl sites for hydroxylation is 1. The van der Waals surface area contributed by atoms with Crippen LogP contribution in [0.4, 0.5) is 11.4 Å². The van der Waals surface area contributed by atoms with Crippen molar-refractivity contribution in [2.24, 2.45) is 0 Å². The fourth-order valence-corrected chi connectivity index (χ4v) is 3.60. The molecule has 2 rings (SSSR count). The van der Waals surface area contributed by atoms with Crippen molar-refractivity contribution in [1.29, 1.82) is 0 Å². The van der Waals surface area contributed by atoms with Gasteiger partial charge in [-0.3, -0.25) is 9.10 Å². The van der Waals surface area contributed by atoms with E-state index in [0.717, 1.165) is 16.1 Å². The lowest BCUT2D eigenvalue weighted by Gasteiger charge is -2.24. The maximum atomic E-state index is 12.7. The number of rotatable bonds is 9. The normalized spacial score (nSPS) is 10.9. The van der Waals surface area contributed by atoms with Gasteiger partial charge in [-0.2, -0.15) is 0 Å². The largest absolute Gasteiger partial charge is 0.492 e. The van der Waals surface area contributed by atoms with Gasteiger partial charge in [0.05, 0.1) is 30.7 Å².